The summed E-state index contributed by atoms with van der Waals surface area (Å²) in [5, 5.41) is 1.24. The van der Waals surface area contributed by atoms with Crippen LogP contribution in [-0.2, 0) is 10.0 Å². The fourth-order valence-electron chi connectivity index (χ4n) is 3.12. The highest BCUT2D eigenvalue weighted by Gasteiger charge is 2.26. The Kier molecular flexibility index (Phi) is 8.21. The van der Waals surface area contributed by atoms with Gasteiger partial charge in [0.1, 0.15) is 5.75 Å². The smallest absolute Gasteiger partial charge is 0.236 e. The Morgan fingerprint density at radius 1 is 1.19 bits per heavy atom. The van der Waals surface area contributed by atoms with Crippen LogP contribution in [0.2, 0.25) is 0 Å². The molecular formula is C21H29NO3S. The molecule has 0 radical (unpaired) electrons. The first kappa shape index (κ1) is 20.5. The predicted molar refractivity (Wildman–Crippen MR) is 107 cm³/mol. The molecule has 0 saturated carbocycles. The second-order valence-electron chi connectivity index (χ2n) is 6.57. The first-order valence-corrected chi connectivity index (χ1v) is 10.9. The molecule has 0 spiro atoms. The van der Waals surface area contributed by atoms with E-state index in [-0.39, 0.29) is 0 Å². The maximum absolute atomic E-state index is 12.4. The molecule has 1 aromatic rings. The van der Waals surface area contributed by atoms with Gasteiger partial charge >= 0.3 is 0 Å². The third kappa shape index (κ3) is 6.19. The zero-order valence-electron chi connectivity index (χ0n) is 15.8. The van der Waals surface area contributed by atoms with Crippen molar-refractivity contribution < 1.29 is 13.2 Å². The molecule has 2 rings (SSSR count). The lowest BCUT2D eigenvalue weighted by Gasteiger charge is -2.30. The minimum atomic E-state index is -3.37. The van der Waals surface area contributed by atoms with Crippen molar-refractivity contribution in [3.63, 3.8) is 0 Å². The first-order chi connectivity index (χ1) is 12.6. The van der Waals surface area contributed by atoms with Gasteiger partial charge in [0, 0.05) is 25.6 Å². The summed E-state index contributed by atoms with van der Waals surface area (Å²) < 4.78 is 31.5. The summed E-state index contributed by atoms with van der Waals surface area (Å²) in [7, 11) is -1.71. The highest BCUT2D eigenvalue weighted by molar-refractivity contribution is 7.92. The number of hydrogen-bond donors (Lipinski definition) is 0. The maximum atomic E-state index is 12.4. The average Bonchev–Trinajstić information content (AvgIpc) is 2.67. The lowest BCUT2D eigenvalue weighted by Crippen LogP contribution is -2.36. The highest BCUT2D eigenvalue weighted by Crippen LogP contribution is 2.30. The number of benzene rings is 1. The van der Waals surface area contributed by atoms with E-state index in [1.807, 2.05) is 12.1 Å². The molecule has 26 heavy (non-hydrogen) atoms. The van der Waals surface area contributed by atoms with Crippen molar-refractivity contribution >= 4 is 10.0 Å². The van der Waals surface area contributed by atoms with Crippen LogP contribution >= 0.6 is 0 Å². The summed E-state index contributed by atoms with van der Waals surface area (Å²) in [4.78, 5) is 0. The molecule has 5 heteroatoms. The molecule has 0 amide bonds. The van der Waals surface area contributed by atoms with E-state index >= 15 is 0 Å². The van der Waals surface area contributed by atoms with Crippen molar-refractivity contribution in [2.75, 3.05) is 20.2 Å². The van der Waals surface area contributed by atoms with E-state index in [4.69, 9.17) is 4.74 Å². The number of piperidine rings is 1. The van der Waals surface area contributed by atoms with Crippen molar-refractivity contribution in [2.24, 2.45) is 0 Å². The van der Waals surface area contributed by atoms with Crippen LogP contribution in [0.1, 0.15) is 56.9 Å². The third-order valence-electron chi connectivity index (χ3n) is 4.73. The summed E-state index contributed by atoms with van der Waals surface area (Å²) in [6.45, 7) is 3.25. The molecule has 142 valence electrons. The van der Waals surface area contributed by atoms with Crippen LogP contribution in [-0.4, -0.2) is 32.9 Å². The molecule has 0 atom stereocenters. The summed E-state index contributed by atoms with van der Waals surface area (Å²) in [5.41, 5.74) is 1.25. The zero-order valence-corrected chi connectivity index (χ0v) is 16.6. The maximum Gasteiger partial charge on any atom is 0.236 e. The van der Waals surface area contributed by atoms with Crippen LogP contribution in [0.25, 0.3) is 0 Å². The molecule has 0 unspecified atom stereocenters. The molecule has 1 fully saturated rings. The van der Waals surface area contributed by atoms with Gasteiger partial charge in [0.2, 0.25) is 10.0 Å². The number of hydrogen-bond acceptors (Lipinski definition) is 3. The molecular weight excluding hydrogens is 346 g/mol. The SMILES string of the molecule is CCCCCC#C/C=C/S(=O)(=O)N1CCC(c2ccc(OC)cc2)CC1. The van der Waals surface area contributed by atoms with Gasteiger partial charge in [0.05, 0.1) is 12.5 Å². The lowest BCUT2D eigenvalue weighted by atomic mass is 9.90. The van der Waals surface area contributed by atoms with E-state index in [9.17, 15) is 8.42 Å². The van der Waals surface area contributed by atoms with Crippen molar-refractivity contribution in [3.05, 3.63) is 41.3 Å². The summed E-state index contributed by atoms with van der Waals surface area (Å²) in [6.07, 6.45) is 7.37. The molecule has 0 bridgehead atoms. The van der Waals surface area contributed by atoms with Crippen LogP contribution in [0, 0.1) is 11.8 Å². The van der Waals surface area contributed by atoms with Crippen molar-refractivity contribution in [2.45, 2.75) is 51.4 Å². The van der Waals surface area contributed by atoms with E-state index in [1.165, 1.54) is 29.9 Å². The Bertz CT molecular complexity index is 734. The number of methoxy groups -OCH3 is 1. The van der Waals surface area contributed by atoms with Crippen LogP contribution in [0.15, 0.2) is 35.7 Å². The van der Waals surface area contributed by atoms with Gasteiger partial charge in [-0.1, -0.05) is 43.7 Å². The fourth-order valence-corrected chi connectivity index (χ4v) is 4.25. The molecule has 1 saturated heterocycles. The van der Waals surface area contributed by atoms with Crippen LogP contribution in [0.5, 0.6) is 5.75 Å². The highest BCUT2D eigenvalue weighted by atomic mass is 32.2. The van der Waals surface area contributed by atoms with Crippen LogP contribution in [0.3, 0.4) is 0 Å². The number of allylic oxidation sites excluding steroid dienone is 1. The van der Waals surface area contributed by atoms with Gasteiger partial charge in [-0.3, -0.25) is 0 Å². The number of sulfonamides is 1. The molecule has 1 aliphatic rings. The summed E-state index contributed by atoms with van der Waals surface area (Å²) >= 11 is 0. The molecule has 1 heterocycles. The van der Waals surface area contributed by atoms with Crippen LogP contribution in [0.4, 0.5) is 0 Å². The zero-order chi connectivity index (χ0) is 18.8. The summed E-state index contributed by atoms with van der Waals surface area (Å²) in [6, 6.07) is 8.06. The van der Waals surface area contributed by atoms with Crippen molar-refractivity contribution in [3.8, 4) is 17.6 Å². The van der Waals surface area contributed by atoms with E-state index in [1.54, 1.807) is 11.4 Å². The Morgan fingerprint density at radius 2 is 1.88 bits per heavy atom. The van der Waals surface area contributed by atoms with Crippen molar-refractivity contribution in [1.82, 2.24) is 4.31 Å². The number of nitrogens with zero attached hydrogens (tertiary/aromatic N) is 1. The predicted octanol–water partition coefficient (Wildman–Crippen LogP) is 4.30. The van der Waals surface area contributed by atoms with Gasteiger partial charge < -0.3 is 4.74 Å². The number of rotatable bonds is 7. The van der Waals surface area contributed by atoms with E-state index in [2.05, 4.69) is 30.9 Å². The van der Waals surface area contributed by atoms with E-state index in [0.29, 0.717) is 19.0 Å². The van der Waals surface area contributed by atoms with E-state index < -0.39 is 10.0 Å². The van der Waals surface area contributed by atoms with Gasteiger partial charge in [-0.05, 0) is 42.9 Å². The monoisotopic (exact) mass is 375 g/mol. The van der Waals surface area contributed by atoms with Gasteiger partial charge in [-0.15, -0.1) is 0 Å². The van der Waals surface area contributed by atoms with Gasteiger partial charge in [-0.2, -0.15) is 4.31 Å². The number of ether oxygens (including phenoxy) is 1. The van der Waals surface area contributed by atoms with Gasteiger partial charge in [0.15, 0.2) is 0 Å². The Balaban J connectivity index is 1.85. The van der Waals surface area contributed by atoms with Crippen LogP contribution < -0.4 is 4.74 Å². The van der Waals surface area contributed by atoms with Crippen molar-refractivity contribution in [1.29, 1.82) is 0 Å². The first-order valence-electron chi connectivity index (χ1n) is 9.36. The molecule has 1 aliphatic heterocycles. The Hall–Kier alpha value is -1.77. The fraction of sp³-hybridized carbons (Fsp3) is 0.524. The Labute approximate surface area is 158 Å². The Morgan fingerprint density at radius 3 is 2.50 bits per heavy atom. The average molecular weight is 376 g/mol. The molecule has 0 aliphatic carbocycles. The second-order valence-corrected chi connectivity index (χ2v) is 8.39. The second kappa shape index (κ2) is 10.4. The molecule has 0 N–H and O–H groups in total. The molecule has 4 nitrogen and oxygen atoms in total. The standard InChI is InChI=1S/C21H29NO3S/c1-3-4-5-6-7-8-9-18-26(23,24)22-16-14-20(15-17-22)19-10-12-21(25-2)13-11-19/h9-13,18,20H,3-6,14-17H2,1-2H3/b18-9+. The number of unbranched alkanes of at least 4 members (excludes halogenated alkanes) is 3. The van der Waals surface area contributed by atoms with Gasteiger partial charge in [0.25, 0.3) is 0 Å². The topological polar surface area (TPSA) is 46.6 Å². The third-order valence-corrected chi connectivity index (χ3v) is 6.30. The minimum absolute atomic E-state index is 0.398. The minimum Gasteiger partial charge on any atom is -0.497 e. The molecule has 1 aromatic carbocycles. The summed E-state index contributed by atoms with van der Waals surface area (Å²) in [5.74, 6) is 7.08. The quantitative estimate of drug-likeness (QED) is 0.527. The largest absolute Gasteiger partial charge is 0.497 e. The normalized spacial score (nSPS) is 16.4. The van der Waals surface area contributed by atoms with Gasteiger partial charge in [-0.25, -0.2) is 8.42 Å². The molecule has 0 aromatic heterocycles. The lowest BCUT2D eigenvalue weighted by molar-refractivity contribution is 0.322. The van der Waals surface area contributed by atoms with E-state index in [0.717, 1.165) is 31.4 Å².